The average Bonchev–Trinajstić information content (AvgIpc) is 4.14. The van der Waals surface area contributed by atoms with Crippen LogP contribution in [-0.2, 0) is 22.7 Å². The highest BCUT2D eigenvalue weighted by Crippen LogP contribution is 2.28. The molecule has 392 valence electrons. The molecule has 0 amide bonds. The van der Waals surface area contributed by atoms with Crippen LogP contribution in [0.4, 0.5) is 0 Å². The van der Waals surface area contributed by atoms with Crippen molar-refractivity contribution in [2.45, 2.75) is 53.0 Å². The monoisotopic (exact) mass is 1020 g/mol. The number of aryl methyl sites for hydroxylation is 4. The number of nitrogens with zero attached hydrogens (tertiary/aromatic N) is 12. The van der Waals surface area contributed by atoms with Crippen molar-refractivity contribution in [3.63, 3.8) is 0 Å². The summed E-state index contributed by atoms with van der Waals surface area (Å²) in [5.41, 5.74) is 11.5. The highest BCUT2D eigenvalue weighted by atomic mass is 16.5. The molecule has 2 aromatic heterocycles. The van der Waals surface area contributed by atoms with Crippen LogP contribution in [-0.4, -0.2) is 139 Å². The van der Waals surface area contributed by atoms with E-state index < -0.39 is 0 Å². The summed E-state index contributed by atoms with van der Waals surface area (Å²) in [5.74, 6) is 1.65. The van der Waals surface area contributed by atoms with Gasteiger partial charge in [0.2, 0.25) is 0 Å². The van der Waals surface area contributed by atoms with Crippen molar-refractivity contribution in [1.29, 1.82) is 0 Å². The number of hydrogen-bond donors (Lipinski definition) is 0. The van der Waals surface area contributed by atoms with E-state index >= 15 is 0 Å². The second-order valence-corrected chi connectivity index (χ2v) is 19.7. The van der Waals surface area contributed by atoms with Crippen LogP contribution in [0.1, 0.15) is 68.2 Å². The summed E-state index contributed by atoms with van der Waals surface area (Å²) < 4.78 is 16.4. The van der Waals surface area contributed by atoms with E-state index in [1.54, 1.807) is 0 Å². The molecule has 6 aromatic carbocycles. The van der Waals surface area contributed by atoms with Crippen LogP contribution in [0.25, 0.3) is 23.5 Å². The van der Waals surface area contributed by atoms with E-state index in [1.807, 2.05) is 57.9 Å². The summed E-state index contributed by atoms with van der Waals surface area (Å²) >= 11 is 0. The third kappa shape index (κ3) is 14.5. The number of piperazine rings is 2. The zero-order valence-electron chi connectivity index (χ0n) is 44.6. The zero-order valence-corrected chi connectivity index (χ0v) is 44.6. The predicted molar refractivity (Wildman–Crippen MR) is 302 cm³/mol. The van der Waals surface area contributed by atoms with Crippen LogP contribution in [0, 0.1) is 27.7 Å². The molecular formula is C62H72N12O2. The van der Waals surface area contributed by atoms with E-state index in [2.05, 4.69) is 212 Å². The van der Waals surface area contributed by atoms with Crippen LogP contribution in [0.15, 0.2) is 170 Å². The smallest absolute Gasteiger partial charge is 0.176 e. The topological polar surface area (TPSA) is 119 Å². The van der Waals surface area contributed by atoms with Crippen LogP contribution < -0.4 is 0 Å². The standard InChI is InChI=1S/2C31H36N6O/c2*1-25-11-9-12-26(2)30(25)37-31(32-33-34-37)29(24-38-23-28-15-7-4-8-16-28)36-21-19-35(20-22-36)18-10-17-27-13-5-3-6-14-27/h2*3-17,29H,18-24H2,1-2H3/b2*17-10+/t2*29-/m10/s1. The van der Waals surface area contributed by atoms with E-state index in [4.69, 9.17) is 9.47 Å². The number of para-hydroxylation sites is 2. The Hall–Kier alpha value is -7.30. The van der Waals surface area contributed by atoms with Gasteiger partial charge in [-0.05, 0) is 93.1 Å². The molecule has 0 radical (unpaired) electrons. The Balaban J connectivity index is 0.000000186. The molecule has 0 N–H and O–H groups in total. The molecular weight excluding hydrogens is 945 g/mol. The Bertz CT molecular complexity index is 2790. The summed E-state index contributed by atoms with van der Waals surface area (Å²) in [4.78, 5) is 9.93. The Morgan fingerprint density at radius 2 is 0.763 bits per heavy atom. The maximum atomic E-state index is 6.28. The lowest BCUT2D eigenvalue weighted by Gasteiger charge is -2.38. The molecule has 0 bridgehead atoms. The molecule has 0 aliphatic carbocycles. The lowest BCUT2D eigenvalue weighted by molar-refractivity contribution is 0.0224. The van der Waals surface area contributed by atoms with Gasteiger partial charge in [-0.1, -0.05) is 182 Å². The van der Waals surface area contributed by atoms with E-state index in [9.17, 15) is 0 Å². The minimum atomic E-state index is -0.0465. The van der Waals surface area contributed by atoms with Gasteiger partial charge in [-0.15, -0.1) is 10.2 Å². The van der Waals surface area contributed by atoms with Crippen LogP contribution >= 0.6 is 0 Å². The molecule has 0 unspecified atom stereocenters. The quantitative estimate of drug-likeness (QED) is 0.0724. The van der Waals surface area contributed by atoms with Crippen molar-refractivity contribution in [3.8, 4) is 11.4 Å². The number of benzene rings is 6. The minimum Gasteiger partial charge on any atom is -0.375 e. The van der Waals surface area contributed by atoms with Gasteiger partial charge in [0, 0.05) is 65.4 Å². The predicted octanol–water partition coefficient (Wildman–Crippen LogP) is 9.74. The normalized spacial score (nSPS) is 15.7. The third-order valence-corrected chi connectivity index (χ3v) is 14.3. The number of aromatic nitrogens is 8. The average molecular weight is 1020 g/mol. The summed E-state index contributed by atoms with van der Waals surface area (Å²) in [7, 11) is 0. The molecule has 14 heteroatoms. The van der Waals surface area contributed by atoms with Gasteiger partial charge in [0.25, 0.3) is 0 Å². The number of rotatable bonds is 20. The lowest BCUT2D eigenvalue weighted by atomic mass is 10.1. The van der Waals surface area contributed by atoms with Gasteiger partial charge >= 0.3 is 0 Å². The maximum absolute atomic E-state index is 6.28. The lowest BCUT2D eigenvalue weighted by Crippen LogP contribution is -2.49. The van der Waals surface area contributed by atoms with E-state index in [0.29, 0.717) is 26.4 Å². The molecule has 2 fully saturated rings. The number of ether oxygens (including phenoxy) is 2. The summed E-state index contributed by atoms with van der Waals surface area (Å²) in [5, 5.41) is 26.1. The molecule has 0 spiro atoms. The van der Waals surface area contributed by atoms with Gasteiger partial charge in [0.15, 0.2) is 11.6 Å². The van der Waals surface area contributed by atoms with E-state index in [-0.39, 0.29) is 12.1 Å². The van der Waals surface area contributed by atoms with Gasteiger partial charge < -0.3 is 9.47 Å². The highest BCUT2D eigenvalue weighted by molar-refractivity contribution is 5.50. The van der Waals surface area contributed by atoms with Crippen molar-refractivity contribution in [1.82, 2.24) is 60.0 Å². The molecule has 4 heterocycles. The Labute approximate surface area is 448 Å². The van der Waals surface area contributed by atoms with Crippen LogP contribution in [0.3, 0.4) is 0 Å². The zero-order chi connectivity index (χ0) is 52.3. The second-order valence-electron chi connectivity index (χ2n) is 19.7. The molecule has 8 aromatic rings. The first-order valence-corrected chi connectivity index (χ1v) is 26.7. The summed E-state index contributed by atoms with van der Waals surface area (Å²) in [6.45, 7) is 20.1. The van der Waals surface area contributed by atoms with Gasteiger partial charge in [0.05, 0.1) is 49.9 Å². The van der Waals surface area contributed by atoms with E-state index in [1.165, 1.54) is 11.1 Å². The summed E-state index contributed by atoms with van der Waals surface area (Å²) in [6, 6.07) is 54.0. The first-order chi connectivity index (χ1) is 37.4. The SMILES string of the molecule is Cc1cccc(C)c1-n1nnnc1[C@@H](COCc1ccccc1)N1CCN(C/C=C/c2ccccc2)CC1.Cc1cccc(C)c1-n1nnnc1[C@H](COCc1ccccc1)N1CCN(C/C=C/c2ccccc2)CC1. The Morgan fingerprint density at radius 1 is 0.421 bits per heavy atom. The Kier molecular flexibility index (Phi) is 19.3. The van der Waals surface area contributed by atoms with Crippen molar-refractivity contribution >= 4 is 12.2 Å². The van der Waals surface area contributed by atoms with Gasteiger partial charge in [-0.25, -0.2) is 0 Å². The van der Waals surface area contributed by atoms with Crippen molar-refractivity contribution in [2.75, 3.05) is 78.7 Å². The molecule has 14 nitrogen and oxygen atoms in total. The fourth-order valence-corrected chi connectivity index (χ4v) is 10.1. The van der Waals surface area contributed by atoms with Crippen molar-refractivity contribution in [3.05, 3.63) is 226 Å². The molecule has 76 heavy (non-hydrogen) atoms. The molecule has 2 saturated heterocycles. The minimum absolute atomic E-state index is 0.0465. The van der Waals surface area contributed by atoms with Gasteiger partial charge in [-0.2, -0.15) is 9.36 Å². The molecule has 2 atom stereocenters. The fraction of sp³-hybridized carbons (Fsp3) is 0.323. The van der Waals surface area contributed by atoms with Crippen molar-refractivity contribution < 1.29 is 9.47 Å². The second kappa shape index (κ2) is 27.5. The first kappa shape index (κ1) is 53.5. The molecule has 2 aliphatic heterocycles. The van der Waals surface area contributed by atoms with Gasteiger partial charge in [0.1, 0.15) is 0 Å². The summed E-state index contributed by atoms with van der Waals surface area (Å²) in [6.07, 6.45) is 8.91. The molecule has 0 saturated carbocycles. The van der Waals surface area contributed by atoms with Crippen molar-refractivity contribution in [2.24, 2.45) is 0 Å². The largest absolute Gasteiger partial charge is 0.375 e. The van der Waals surface area contributed by atoms with Crippen LogP contribution in [0.2, 0.25) is 0 Å². The Morgan fingerprint density at radius 3 is 1.12 bits per heavy atom. The van der Waals surface area contributed by atoms with Crippen LogP contribution in [0.5, 0.6) is 0 Å². The number of hydrogen-bond acceptors (Lipinski definition) is 12. The fourth-order valence-electron chi connectivity index (χ4n) is 10.1. The maximum Gasteiger partial charge on any atom is 0.176 e. The number of tetrazole rings is 2. The van der Waals surface area contributed by atoms with E-state index in [0.717, 1.165) is 122 Å². The van der Waals surface area contributed by atoms with Gasteiger partial charge in [-0.3, -0.25) is 19.6 Å². The molecule has 2 aliphatic rings. The molecule has 10 rings (SSSR count). The third-order valence-electron chi connectivity index (χ3n) is 14.3. The highest BCUT2D eigenvalue weighted by Gasteiger charge is 2.32. The first-order valence-electron chi connectivity index (χ1n) is 26.7.